The van der Waals surface area contributed by atoms with Crippen LogP contribution in [0.5, 0.6) is 5.75 Å². The van der Waals surface area contributed by atoms with Gasteiger partial charge in [-0.05, 0) is 31.2 Å². The maximum atomic E-state index is 12.1. The Balaban J connectivity index is 2.16. The molecule has 0 spiro atoms. The van der Waals surface area contributed by atoms with E-state index in [0.29, 0.717) is 16.9 Å². The van der Waals surface area contributed by atoms with Crippen LogP contribution in [0, 0.1) is 10.1 Å². The van der Waals surface area contributed by atoms with E-state index in [-0.39, 0.29) is 23.6 Å². The molecule has 0 aliphatic heterocycles. The molecule has 124 valence electrons. The maximum absolute atomic E-state index is 12.1. The molecule has 0 aliphatic carbocycles. The van der Waals surface area contributed by atoms with Crippen LogP contribution in [0.1, 0.15) is 33.2 Å². The Morgan fingerprint density at radius 2 is 1.88 bits per heavy atom. The van der Waals surface area contributed by atoms with Gasteiger partial charge in [0.1, 0.15) is 12.4 Å². The van der Waals surface area contributed by atoms with E-state index in [1.807, 2.05) is 0 Å². The number of hydrogen-bond donors (Lipinski definition) is 0. The lowest BCUT2D eigenvalue weighted by atomic mass is 10.1. The smallest absolute Gasteiger partial charge is 0.338 e. The molecule has 2 aromatic carbocycles. The zero-order valence-electron chi connectivity index (χ0n) is 13.1. The molecule has 0 radical (unpaired) electrons. The topological polar surface area (TPSA) is 95.7 Å². The molecule has 0 amide bonds. The van der Waals surface area contributed by atoms with Crippen molar-refractivity contribution in [2.24, 2.45) is 0 Å². The summed E-state index contributed by atoms with van der Waals surface area (Å²) in [7, 11) is 1.47. The second kappa shape index (κ2) is 7.36. The number of methoxy groups -OCH3 is 1. The number of nitro groups is 1. The zero-order valence-corrected chi connectivity index (χ0v) is 13.1. The van der Waals surface area contributed by atoms with Crippen molar-refractivity contribution in [3.63, 3.8) is 0 Å². The highest BCUT2D eigenvalue weighted by atomic mass is 16.6. The third kappa shape index (κ3) is 3.95. The van der Waals surface area contributed by atoms with Crippen molar-refractivity contribution in [3.8, 4) is 5.75 Å². The Hall–Kier alpha value is -3.22. The van der Waals surface area contributed by atoms with Crippen molar-refractivity contribution >= 4 is 17.4 Å². The third-order valence-electron chi connectivity index (χ3n) is 3.34. The zero-order chi connectivity index (χ0) is 17.7. The first-order valence-corrected chi connectivity index (χ1v) is 7.02. The first-order chi connectivity index (χ1) is 11.4. The summed E-state index contributed by atoms with van der Waals surface area (Å²) in [5, 5.41) is 10.7. The molecule has 0 saturated carbocycles. The van der Waals surface area contributed by atoms with Gasteiger partial charge in [0.15, 0.2) is 5.78 Å². The van der Waals surface area contributed by atoms with Gasteiger partial charge in [-0.1, -0.05) is 6.07 Å². The molecule has 7 nitrogen and oxygen atoms in total. The van der Waals surface area contributed by atoms with Crippen molar-refractivity contribution < 1.29 is 24.0 Å². The van der Waals surface area contributed by atoms with E-state index < -0.39 is 10.9 Å². The summed E-state index contributed by atoms with van der Waals surface area (Å²) in [5.41, 5.74) is 0.882. The van der Waals surface area contributed by atoms with E-state index >= 15 is 0 Å². The monoisotopic (exact) mass is 329 g/mol. The van der Waals surface area contributed by atoms with Crippen molar-refractivity contribution in [2.75, 3.05) is 7.11 Å². The Labute approximate surface area is 138 Å². The van der Waals surface area contributed by atoms with Crippen LogP contribution in [0.2, 0.25) is 0 Å². The molecule has 0 aromatic heterocycles. The van der Waals surface area contributed by atoms with Crippen molar-refractivity contribution in [2.45, 2.75) is 13.5 Å². The van der Waals surface area contributed by atoms with Crippen LogP contribution in [-0.2, 0) is 11.3 Å². The summed E-state index contributed by atoms with van der Waals surface area (Å²) in [6.45, 7) is 1.31. The van der Waals surface area contributed by atoms with Gasteiger partial charge in [0.2, 0.25) is 0 Å². The molecule has 0 bridgehead atoms. The van der Waals surface area contributed by atoms with E-state index in [1.54, 1.807) is 18.2 Å². The Morgan fingerprint density at radius 1 is 1.12 bits per heavy atom. The highest BCUT2D eigenvalue weighted by Crippen LogP contribution is 2.22. The van der Waals surface area contributed by atoms with Gasteiger partial charge in [-0.15, -0.1) is 0 Å². The molecule has 7 heteroatoms. The molecule has 0 aliphatic rings. The first kappa shape index (κ1) is 17.1. The predicted octanol–water partition coefficient (Wildman–Crippen LogP) is 3.16. The normalized spacial score (nSPS) is 10.1. The molecule has 0 saturated heterocycles. The fourth-order valence-electron chi connectivity index (χ4n) is 2.08. The SMILES string of the molecule is COc1ccc(C(C)=O)cc1COC(=O)c1cccc([N+](=O)[O-])c1. The Kier molecular flexibility index (Phi) is 5.26. The largest absolute Gasteiger partial charge is 0.496 e. The number of esters is 1. The number of ether oxygens (including phenoxy) is 2. The van der Waals surface area contributed by atoms with Gasteiger partial charge in [-0.3, -0.25) is 14.9 Å². The molecule has 0 atom stereocenters. The lowest BCUT2D eigenvalue weighted by molar-refractivity contribution is -0.384. The molecule has 2 aromatic rings. The lowest BCUT2D eigenvalue weighted by Crippen LogP contribution is -2.07. The summed E-state index contributed by atoms with van der Waals surface area (Å²) < 4.78 is 10.4. The second-order valence-corrected chi connectivity index (χ2v) is 4.97. The number of carbonyl (C=O) groups is 2. The van der Waals surface area contributed by atoms with E-state index in [2.05, 4.69) is 0 Å². The number of nitrogens with zero attached hydrogens (tertiary/aromatic N) is 1. The minimum Gasteiger partial charge on any atom is -0.496 e. The number of non-ortho nitro benzene ring substituents is 1. The van der Waals surface area contributed by atoms with Crippen molar-refractivity contribution in [1.29, 1.82) is 0 Å². The van der Waals surface area contributed by atoms with E-state index in [9.17, 15) is 19.7 Å². The predicted molar refractivity (Wildman–Crippen MR) is 85.2 cm³/mol. The van der Waals surface area contributed by atoms with Crippen LogP contribution in [0.15, 0.2) is 42.5 Å². The van der Waals surface area contributed by atoms with Gasteiger partial charge < -0.3 is 9.47 Å². The first-order valence-electron chi connectivity index (χ1n) is 7.02. The summed E-state index contributed by atoms with van der Waals surface area (Å²) in [4.78, 5) is 33.7. The van der Waals surface area contributed by atoms with E-state index in [0.717, 1.165) is 6.07 Å². The molecule has 0 unspecified atom stereocenters. The summed E-state index contributed by atoms with van der Waals surface area (Å²) in [6, 6.07) is 10.1. The Morgan fingerprint density at radius 3 is 2.50 bits per heavy atom. The van der Waals surface area contributed by atoms with Gasteiger partial charge in [0.05, 0.1) is 17.6 Å². The maximum Gasteiger partial charge on any atom is 0.338 e. The number of Topliss-reactive ketones (excluding diaryl/α,β-unsaturated/α-hetero) is 1. The van der Waals surface area contributed by atoms with Crippen LogP contribution in [0.4, 0.5) is 5.69 Å². The molecule has 2 rings (SSSR count). The minimum atomic E-state index is -0.700. The molecule has 0 heterocycles. The van der Waals surface area contributed by atoms with Gasteiger partial charge in [-0.2, -0.15) is 0 Å². The number of benzene rings is 2. The molecule has 0 fully saturated rings. The second-order valence-electron chi connectivity index (χ2n) is 4.97. The van der Waals surface area contributed by atoms with Gasteiger partial charge in [0, 0.05) is 23.3 Å². The standard InChI is InChI=1S/C17H15NO6/c1-11(19)12-6-7-16(23-2)14(8-12)10-24-17(20)13-4-3-5-15(9-13)18(21)22/h3-9H,10H2,1-2H3. The minimum absolute atomic E-state index is 0.0749. The van der Waals surface area contributed by atoms with Gasteiger partial charge in [0.25, 0.3) is 5.69 Å². The highest BCUT2D eigenvalue weighted by molar-refractivity contribution is 5.94. The van der Waals surface area contributed by atoms with Crippen LogP contribution in [0.3, 0.4) is 0 Å². The van der Waals surface area contributed by atoms with Crippen LogP contribution in [-0.4, -0.2) is 23.8 Å². The molecular weight excluding hydrogens is 314 g/mol. The van der Waals surface area contributed by atoms with Crippen LogP contribution < -0.4 is 4.74 Å². The van der Waals surface area contributed by atoms with Gasteiger partial charge in [-0.25, -0.2) is 4.79 Å². The van der Waals surface area contributed by atoms with E-state index in [4.69, 9.17) is 9.47 Å². The third-order valence-corrected chi connectivity index (χ3v) is 3.34. The molecule has 0 N–H and O–H groups in total. The Bertz CT molecular complexity index is 799. The van der Waals surface area contributed by atoms with Crippen LogP contribution >= 0.6 is 0 Å². The summed E-state index contributed by atoms with van der Waals surface area (Å²) in [5.74, 6) is -0.343. The molecular formula is C17H15NO6. The van der Waals surface area contributed by atoms with E-state index in [1.165, 1.54) is 32.2 Å². The van der Waals surface area contributed by atoms with Crippen molar-refractivity contribution in [1.82, 2.24) is 0 Å². The van der Waals surface area contributed by atoms with Crippen LogP contribution in [0.25, 0.3) is 0 Å². The number of nitro benzene ring substituents is 1. The van der Waals surface area contributed by atoms with Crippen molar-refractivity contribution in [3.05, 3.63) is 69.3 Å². The van der Waals surface area contributed by atoms with Gasteiger partial charge >= 0.3 is 5.97 Å². The average Bonchev–Trinajstić information content (AvgIpc) is 2.59. The average molecular weight is 329 g/mol. The quantitative estimate of drug-likeness (QED) is 0.349. The highest BCUT2D eigenvalue weighted by Gasteiger charge is 2.14. The fourth-order valence-corrected chi connectivity index (χ4v) is 2.08. The number of hydrogen-bond acceptors (Lipinski definition) is 6. The summed E-state index contributed by atoms with van der Waals surface area (Å²) in [6.07, 6.45) is 0. The number of rotatable bonds is 6. The number of ketones is 1. The molecule has 24 heavy (non-hydrogen) atoms. The summed E-state index contributed by atoms with van der Waals surface area (Å²) >= 11 is 0. The fraction of sp³-hybridized carbons (Fsp3) is 0.176. The number of carbonyl (C=O) groups excluding carboxylic acids is 2. The lowest BCUT2D eigenvalue weighted by Gasteiger charge is -2.10.